The first-order valence-electron chi connectivity index (χ1n) is 12.8. The van der Waals surface area contributed by atoms with E-state index in [1.807, 2.05) is 35.2 Å². The van der Waals surface area contributed by atoms with Crippen molar-refractivity contribution in [1.29, 1.82) is 0 Å². The van der Waals surface area contributed by atoms with Crippen LogP contribution in [0.1, 0.15) is 57.6 Å². The fraction of sp³-hybridized carbons (Fsp3) is 0.429. The van der Waals surface area contributed by atoms with Gasteiger partial charge in [0.15, 0.2) is 5.16 Å². The minimum Gasteiger partial charge on any atom is -0.368 e. The molecule has 1 amide bonds. The predicted molar refractivity (Wildman–Crippen MR) is 152 cm³/mol. The van der Waals surface area contributed by atoms with Crippen LogP contribution in [0.5, 0.6) is 0 Å². The van der Waals surface area contributed by atoms with Gasteiger partial charge in [0.2, 0.25) is 17.8 Å². The SMILES string of the molecule is CC1(c2ccc(Cl)cc2)CC(C)(C)N(C(=O)CSc2nc(N)nc(N3CCCCC3)n2)c2ccccc21. The number of fused-ring (bicyclic) bond motifs is 1. The molecule has 2 N–H and O–H groups in total. The molecule has 2 aliphatic heterocycles. The molecule has 0 bridgehead atoms. The van der Waals surface area contributed by atoms with Crippen LogP contribution < -0.4 is 15.5 Å². The third-order valence-corrected chi connectivity index (χ3v) is 8.53. The average Bonchev–Trinajstić information content (AvgIpc) is 2.87. The fourth-order valence-electron chi connectivity index (χ4n) is 5.90. The van der Waals surface area contributed by atoms with Crippen LogP contribution in [-0.2, 0) is 10.2 Å². The van der Waals surface area contributed by atoms with E-state index >= 15 is 0 Å². The zero-order valence-corrected chi connectivity index (χ0v) is 23.1. The number of para-hydroxylation sites is 1. The molecule has 0 spiro atoms. The van der Waals surface area contributed by atoms with Crippen LogP contribution in [0, 0.1) is 0 Å². The monoisotopic (exact) mass is 536 g/mol. The van der Waals surface area contributed by atoms with Crippen molar-refractivity contribution in [2.75, 3.05) is 34.4 Å². The number of halogens is 1. The summed E-state index contributed by atoms with van der Waals surface area (Å²) < 4.78 is 0. The average molecular weight is 537 g/mol. The van der Waals surface area contributed by atoms with Crippen LogP contribution in [0.4, 0.5) is 17.6 Å². The molecule has 9 heteroatoms. The number of carbonyl (C=O) groups excluding carboxylic acids is 1. The maximum Gasteiger partial charge on any atom is 0.237 e. The maximum atomic E-state index is 13.8. The van der Waals surface area contributed by atoms with E-state index in [-0.39, 0.29) is 23.0 Å². The van der Waals surface area contributed by atoms with E-state index in [1.54, 1.807) is 0 Å². The van der Waals surface area contributed by atoms with Crippen molar-refractivity contribution in [3.63, 3.8) is 0 Å². The second kappa shape index (κ2) is 10.1. The molecule has 1 atom stereocenters. The highest BCUT2D eigenvalue weighted by Crippen LogP contribution is 2.50. The first-order chi connectivity index (χ1) is 17.7. The number of piperidine rings is 1. The summed E-state index contributed by atoms with van der Waals surface area (Å²) in [5, 5.41) is 1.20. The molecule has 0 aliphatic carbocycles. The lowest BCUT2D eigenvalue weighted by Crippen LogP contribution is -2.56. The molecule has 3 aromatic rings. The second-order valence-electron chi connectivity index (χ2n) is 10.7. The van der Waals surface area contributed by atoms with E-state index in [0.29, 0.717) is 16.1 Å². The van der Waals surface area contributed by atoms with Gasteiger partial charge < -0.3 is 15.5 Å². The summed E-state index contributed by atoms with van der Waals surface area (Å²) in [5.74, 6) is 1.01. The molecule has 1 fully saturated rings. The van der Waals surface area contributed by atoms with Gasteiger partial charge in [-0.25, -0.2) is 0 Å². The minimum absolute atomic E-state index is 0.0131. The maximum absolute atomic E-state index is 13.8. The minimum atomic E-state index is -0.419. The van der Waals surface area contributed by atoms with E-state index in [9.17, 15) is 4.79 Å². The van der Waals surface area contributed by atoms with E-state index in [0.717, 1.165) is 43.6 Å². The smallest absolute Gasteiger partial charge is 0.237 e. The van der Waals surface area contributed by atoms with Crippen LogP contribution in [-0.4, -0.2) is 45.2 Å². The van der Waals surface area contributed by atoms with Crippen molar-refractivity contribution < 1.29 is 4.79 Å². The number of hydrogen-bond acceptors (Lipinski definition) is 7. The third-order valence-electron chi connectivity index (χ3n) is 7.45. The van der Waals surface area contributed by atoms with Crippen LogP contribution >= 0.6 is 23.4 Å². The highest BCUT2D eigenvalue weighted by Gasteiger charge is 2.47. The quantitative estimate of drug-likeness (QED) is 0.418. The molecular formula is C28H33ClN6OS. The second-order valence-corrected chi connectivity index (χ2v) is 12.1. The largest absolute Gasteiger partial charge is 0.368 e. The van der Waals surface area contributed by atoms with E-state index in [4.69, 9.17) is 17.3 Å². The molecular weight excluding hydrogens is 504 g/mol. The fourth-order valence-corrected chi connectivity index (χ4v) is 6.71. The Morgan fingerprint density at radius 1 is 1.00 bits per heavy atom. The first kappa shape index (κ1) is 25.8. The number of nitrogen functional groups attached to an aromatic ring is 1. The molecule has 1 saturated heterocycles. The molecule has 7 nitrogen and oxygen atoms in total. The summed E-state index contributed by atoms with van der Waals surface area (Å²) in [6.45, 7) is 8.35. The summed E-state index contributed by atoms with van der Waals surface area (Å²) in [6, 6.07) is 16.3. The number of rotatable bonds is 5. The summed E-state index contributed by atoms with van der Waals surface area (Å²) in [7, 11) is 0. The van der Waals surface area contributed by atoms with Crippen molar-refractivity contribution in [3.05, 3.63) is 64.7 Å². The lowest BCUT2D eigenvalue weighted by Gasteiger charge is -2.51. The van der Waals surface area contributed by atoms with E-state index < -0.39 is 5.54 Å². The van der Waals surface area contributed by atoms with Crippen molar-refractivity contribution >= 4 is 46.9 Å². The number of thioether (sulfide) groups is 1. The number of carbonyl (C=O) groups is 1. The Bertz CT molecular complexity index is 1290. The Morgan fingerprint density at radius 2 is 1.70 bits per heavy atom. The van der Waals surface area contributed by atoms with Crippen LogP contribution in [0.2, 0.25) is 5.02 Å². The zero-order valence-electron chi connectivity index (χ0n) is 21.6. The highest BCUT2D eigenvalue weighted by atomic mass is 35.5. The van der Waals surface area contributed by atoms with Gasteiger partial charge in [-0.2, -0.15) is 15.0 Å². The highest BCUT2D eigenvalue weighted by molar-refractivity contribution is 7.99. The Morgan fingerprint density at radius 3 is 2.43 bits per heavy atom. The van der Waals surface area contributed by atoms with Gasteiger partial charge in [-0.3, -0.25) is 4.79 Å². The molecule has 0 saturated carbocycles. The number of amides is 1. The number of hydrogen-bond donors (Lipinski definition) is 1. The summed E-state index contributed by atoms with van der Waals surface area (Å²) in [6.07, 6.45) is 4.22. The Balaban J connectivity index is 1.41. The topological polar surface area (TPSA) is 88.2 Å². The lowest BCUT2D eigenvalue weighted by atomic mass is 9.65. The number of nitrogens with zero attached hydrogens (tertiary/aromatic N) is 5. The van der Waals surface area contributed by atoms with Crippen LogP contribution in [0.3, 0.4) is 0 Å². The Hall–Kier alpha value is -2.84. The van der Waals surface area contributed by atoms with Gasteiger partial charge in [-0.1, -0.05) is 60.6 Å². The summed E-state index contributed by atoms with van der Waals surface area (Å²) in [5.41, 5.74) is 8.58. The van der Waals surface area contributed by atoms with E-state index in [2.05, 4.69) is 58.8 Å². The molecule has 2 aromatic carbocycles. The van der Waals surface area contributed by atoms with Gasteiger partial charge >= 0.3 is 0 Å². The van der Waals surface area contributed by atoms with Gasteiger partial charge in [0, 0.05) is 34.8 Å². The lowest BCUT2D eigenvalue weighted by molar-refractivity contribution is -0.117. The number of aromatic nitrogens is 3. The van der Waals surface area contributed by atoms with Crippen molar-refractivity contribution in [2.24, 2.45) is 0 Å². The number of anilines is 3. The Kier molecular flexibility index (Phi) is 7.07. The molecule has 0 radical (unpaired) electrons. The molecule has 1 aromatic heterocycles. The van der Waals surface area contributed by atoms with Gasteiger partial charge in [0.25, 0.3) is 0 Å². The van der Waals surface area contributed by atoms with Gasteiger partial charge in [-0.05, 0) is 68.9 Å². The predicted octanol–water partition coefficient (Wildman–Crippen LogP) is 5.71. The Labute approximate surface area is 227 Å². The van der Waals surface area contributed by atoms with Crippen LogP contribution in [0.15, 0.2) is 53.7 Å². The molecule has 3 heterocycles. The van der Waals surface area contributed by atoms with Crippen molar-refractivity contribution in [2.45, 2.75) is 62.6 Å². The molecule has 1 unspecified atom stereocenters. The number of benzene rings is 2. The molecule has 37 heavy (non-hydrogen) atoms. The first-order valence-corrected chi connectivity index (χ1v) is 14.1. The third kappa shape index (κ3) is 5.14. The molecule has 194 valence electrons. The van der Waals surface area contributed by atoms with Crippen molar-refractivity contribution in [3.8, 4) is 0 Å². The molecule has 5 rings (SSSR count). The van der Waals surface area contributed by atoms with Crippen LogP contribution in [0.25, 0.3) is 0 Å². The summed E-state index contributed by atoms with van der Waals surface area (Å²) >= 11 is 7.50. The normalized spacial score (nSPS) is 21.0. The summed E-state index contributed by atoms with van der Waals surface area (Å²) in [4.78, 5) is 31.2. The van der Waals surface area contributed by atoms with Gasteiger partial charge in [0.1, 0.15) is 0 Å². The zero-order chi connectivity index (χ0) is 26.2. The van der Waals surface area contributed by atoms with Crippen molar-refractivity contribution in [1.82, 2.24) is 15.0 Å². The van der Waals surface area contributed by atoms with E-state index in [1.165, 1.54) is 23.7 Å². The standard InChI is InChI=1S/C28H33ClN6OS/c1-27(2)18-28(3,19-11-13-20(29)14-12-19)21-9-5-6-10-22(21)35(27)23(36)17-37-26-32-24(30)31-25(33-26)34-15-7-4-8-16-34/h5-6,9-14H,4,7-8,15-18H2,1-3H3,(H2,30,31,32,33). The van der Waals surface area contributed by atoms with Gasteiger partial charge in [-0.15, -0.1) is 0 Å². The van der Waals surface area contributed by atoms with Gasteiger partial charge in [0.05, 0.1) is 5.75 Å². The number of nitrogens with two attached hydrogens (primary N) is 1. The molecule has 2 aliphatic rings.